The van der Waals surface area contributed by atoms with Crippen molar-refractivity contribution in [2.75, 3.05) is 0 Å². The number of carboxylic acids is 1. The van der Waals surface area contributed by atoms with Gasteiger partial charge in [0.05, 0.1) is 0 Å². The zero-order valence-electron chi connectivity index (χ0n) is 7.69. The van der Waals surface area contributed by atoms with Gasteiger partial charge in [0.2, 0.25) is 0 Å². The molecule has 1 aliphatic rings. The molecule has 0 amide bonds. The predicted molar refractivity (Wildman–Crippen MR) is 49.5 cm³/mol. The van der Waals surface area contributed by atoms with E-state index >= 15 is 0 Å². The van der Waals surface area contributed by atoms with Crippen LogP contribution >= 0.6 is 0 Å². The summed E-state index contributed by atoms with van der Waals surface area (Å²) in [6.45, 7) is 0. The van der Waals surface area contributed by atoms with Crippen LogP contribution in [0, 0.1) is 0 Å². The lowest BCUT2D eigenvalue weighted by Gasteiger charge is -2.11. The molecule has 0 unspecified atom stereocenters. The van der Waals surface area contributed by atoms with Crippen molar-refractivity contribution in [1.82, 2.24) is 9.55 Å². The molecule has 0 aromatic carbocycles. The molecule has 0 bridgehead atoms. The fourth-order valence-electron chi connectivity index (χ4n) is 2.07. The minimum Gasteiger partial charge on any atom is -0.477 e. The summed E-state index contributed by atoms with van der Waals surface area (Å²) in [7, 11) is 0. The normalized spacial score (nSPS) is 17.4. The van der Waals surface area contributed by atoms with E-state index in [4.69, 9.17) is 5.11 Å². The van der Waals surface area contributed by atoms with Crippen LogP contribution in [0.4, 0.5) is 0 Å². The van der Waals surface area contributed by atoms with Gasteiger partial charge in [-0.1, -0.05) is 12.8 Å². The molecule has 1 heterocycles. The Hall–Kier alpha value is -1.52. The van der Waals surface area contributed by atoms with E-state index in [-0.39, 0.29) is 17.4 Å². The predicted octanol–water partition coefficient (Wildman–Crippen LogP) is 0.990. The highest BCUT2D eigenvalue weighted by atomic mass is 16.4. The molecule has 0 aliphatic heterocycles. The average molecular weight is 196 g/mol. The van der Waals surface area contributed by atoms with E-state index in [2.05, 4.69) is 4.98 Å². The zero-order valence-corrected chi connectivity index (χ0v) is 7.69. The van der Waals surface area contributed by atoms with E-state index in [0.29, 0.717) is 0 Å². The van der Waals surface area contributed by atoms with Gasteiger partial charge in [-0.25, -0.2) is 9.59 Å². The maximum Gasteiger partial charge on any atom is 0.354 e. The monoisotopic (exact) mass is 196 g/mol. The van der Waals surface area contributed by atoms with Crippen LogP contribution < -0.4 is 5.69 Å². The number of aromatic nitrogens is 2. The highest BCUT2D eigenvalue weighted by molar-refractivity contribution is 5.85. The Kier molecular flexibility index (Phi) is 2.15. The highest BCUT2D eigenvalue weighted by Crippen LogP contribution is 2.28. The van der Waals surface area contributed by atoms with Gasteiger partial charge in [0.1, 0.15) is 5.69 Å². The van der Waals surface area contributed by atoms with Crippen molar-refractivity contribution < 1.29 is 9.90 Å². The number of carbonyl (C=O) groups is 1. The molecule has 2 rings (SSSR count). The molecule has 2 N–H and O–H groups in total. The minimum atomic E-state index is -1.05. The second-order valence-electron chi connectivity index (χ2n) is 3.59. The molecule has 5 heteroatoms. The molecule has 5 nitrogen and oxygen atoms in total. The Labute approximate surface area is 80.4 Å². The van der Waals surface area contributed by atoms with Crippen molar-refractivity contribution in [2.45, 2.75) is 31.7 Å². The number of H-pyrrole nitrogens is 1. The van der Waals surface area contributed by atoms with Gasteiger partial charge in [-0.05, 0) is 12.8 Å². The number of rotatable bonds is 2. The van der Waals surface area contributed by atoms with E-state index in [1.807, 2.05) is 0 Å². The third-order valence-corrected chi connectivity index (χ3v) is 2.72. The first-order valence-electron chi connectivity index (χ1n) is 4.73. The van der Waals surface area contributed by atoms with Crippen molar-refractivity contribution in [1.29, 1.82) is 0 Å². The number of hydrogen-bond donors (Lipinski definition) is 2. The van der Waals surface area contributed by atoms with Gasteiger partial charge in [-0.3, -0.25) is 4.57 Å². The number of imidazole rings is 1. The van der Waals surface area contributed by atoms with Crippen molar-refractivity contribution in [3.8, 4) is 0 Å². The van der Waals surface area contributed by atoms with Gasteiger partial charge >= 0.3 is 11.7 Å². The lowest BCUT2D eigenvalue weighted by molar-refractivity contribution is 0.0682. The molecular weight excluding hydrogens is 184 g/mol. The summed E-state index contributed by atoms with van der Waals surface area (Å²) in [4.78, 5) is 24.6. The van der Waals surface area contributed by atoms with Gasteiger partial charge < -0.3 is 10.1 Å². The molecule has 1 aromatic rings. The molecule has 1 aromatic heterocycles. The molecule has 1 saturated carbocycles. The van der Waals surface area contributed by atoms with Crippen LogP contribution in [-0.2, 0) is 0 Å². The minimum absolute atomic E-state index is 0.0693. The number of carboxylic acid groups (broad SMARTS) is 1. The van der Waals surface area contributed by atoms with Crippen molar-refractivity contribution in [2.24, 2.45) is 0 Å². The summed E-state index contributed by atoms with van der Waals surface area (Å²) in [6.07, 6.45) is 5.21. The molecule has 0 atom stereocenters. The topological polar surface area (TPSA) is 75.1 Å². The van der Waals surface area contributed by atoms with Crippen LogP contribution in [0.1, 0.15) is 42.2 Å². The maximum absolute atomic E-state index is 11.4. The lowest BCUT2D eigenvalue weighted by atomic mass is 10.2. The number of nitrogens with one attached hydrogen (secondary N) is 1. The number of aromatic amines is 1. The van der Waals surface area contributed by atoms with Gasteiger partial charge in [-0.15, -0.1) is 0 Å². The van der Waals surface area contributed by atoms with Crippen LogP contribution in [0.15, 0.2) is 11.0 Å². The van der Waals surface area contributed by atoms with Crippen molar-refractivity contribution >= 4 is 5.97 Å². The van der Waals surface area contributed by atoms with E-state index in [1.54, 1.807) is 0 Å². The lowest BCUT2D eigenvalue weighted by Crippen LogP contribution is -2.24. The highest BCUT2D eigenvalue weighted by Gasteiger charge is 2.23. The largest absolute Gasteiger partial charge is 0.477 e. The van der Waals surface area contributed by atoms with Crippen molar-refractivity contribution in [3.63, 3.8) is 0 Å². The third-order valence-electron chi connectivity index (χ3n) is 2.72. The molecule has 14 heavy (non-hydrogen) atoms. The first-order valence-corrected chi connectivity index (χ1v) is 4.73. The van der Waals surface area contributed by atoms with Crippen LogP contribution in [0.25, 0.3) is 0 Å². The van der Waals surface area contributed by atoms with Crippen LogP contribution in [-0.4, -0.2) is 20.6 Å². The molecule has 1 aliphatic carbocycles. The van der Waals surface area contributed by atoms with Crippen LogP contribution in [0.5, 0.6) is 0 Å². The second kappa shape index (κ2) is 3.32. The summed E-state index contributed by atoms with van der Waals surface area (Å²) in [5, 5.41) is 8.86. The number of hydrogen-bond acceptors (Lipinski definition) is 2. The van der Waals surface area contributed by atoms with Gasteiger partial charge in [-0.2, -0.15) is 0 Å². The van der Waals surface area contributed by atoms with E-state index in [9.17, 15) is 9.59 Å². The SMILES string of the molecule is O=C(O)c1c[nH]c(=O)n1C1CCCC1. The first-order chi connectivity index (χ1) is 6.70. The standard InChI is InChI=1S/C9H12N2O3/c12-8(13)7-5-10-9(14)11(7)6-3-1-2-4-6/h5-6H,1-4H2,(H,10,14)(H,12,13). The van der Waals surface area contributed by atoms with Gasteiger partial charge in [0.15, 0.2) is 0 Å². The molecule has 76 valence electrons. The molecular formula is C9H12N2O3. The third kappa shape index (κ3) is 1.34. The maximum atomic E-state index is 11.4. The summed E-state index contributed by atoms with van der Waals surface area (Å²) < 4.78 is 1.37. The van der Waals surface area contributed by atoms with E-state index in [0.717, 1.165) is 25.7 Å². The Balaban J connectivity index is 2.43. The summed E-state index contributed by atoms with van der Waals surface area (Å²) >= 11 is 0. The first kappa shape index (κ1) is 9.05. The number of nitrogens with zero attached hydrogens (tertiary/aromatic N) is 1. The van der Waals surface area contributed by atoms with Gasteiger partial charge in [0.25, 0.3) is 0 Å². The Morgan fingerprint density at radius 1 is 1.50 bits per heavy atom. The van der Waals surface area contributed by atoms with Crippen LogP contribution in [0.3, 0.4) is 0 Å². The quantitative estimate of drug-likeness (QED) is 0.740. The fourth-order valence-corrected chi connectivity index (χ4v) is 2.07. The summed E-state index contributed by atoms with van der Waals surface area (Å²) in [5.74, 6) is -1.05. The number of aromatic carboxylic acids is 1. The average Bonchev–Trinajstić information content (AvgIpc) is 2.71. The Morgan fingerprint density at radius 2 is 2.14 bits per heavy atom. The molecule has 1 fully saturated rings. The molecule has 0 spiro atoms. The zero-order chi connectivity index (χ0) is 10.1. The Bertz CT molecular complexity index is 398. The smallest absolute Gasteiger partial charge is 0.354 e. The van der Waals surface area contributed by atoms with Crippen molar-refractivity contribution in [3.05, 3.63) is 22.4 Å². The fraction of sp³-hybridized carbons (Fsp3) is 0.556. The van der Waals surface area contributed by atoms with Gasteiger partial charge in [0, 0.05) is 12.2 Å². The molecule has 0 saturated heterocycles. The summed E-state index contributed by atoms with van der Waals surface area (Å²) in [5.41, 5.74) is -0.240. The second-order valence-corrected chi connectivity index (χ2v) is 3.59. The van der Waals surface area contributed by atoms with E-state index in [1.165, 1.54) is 10.8 Å². The van der Waals surface area contributed by atoms with Crippen LogP contribution in [0.2, 0.25) is 0 Å². The Morgan fingerprint density at radius 3 is 2.71 bits per heavy atom. The summed E-state index contributed by atoms with van der Waals surface area (Å²) in [6, 6.07) is 0.0693. The van der Waals surface area contributed by atoms with E-state index < -0.39 is 5.97 Å². The molecule has 0 radical (unpaired) electrons.